The highest BCUT2D eigenvalue weighted by Crippen LogP contribution is 2.32. The first-order valence-electron chi connectivity index (χ1n) is 8.00. The van der Waals surface area contributed by atoms with Crippen LogP contribution in [0.1, 0.15) is 16.7 Å². The summed E-state index contributed by atoms with van der Waals surface area (Å²) >= 11 is 0. The van der Waals surface area contributed by atoms with Gasteiger partial charge in [-0.1, -0.05) is 36.4 Å². The third-order valence-electron chi connectivity index (χ3n) is 4.25. The van der Waals surface area contributed by atoms with Crippen LogP contribution >= 0.6 is 0 Å². The molecule has 0 bridgehead atoms. The fourth-order valence-electron chi connectivity index (χ4n) is 2.84. The van der Waals surface area contributed by atoms with E-state index in [1.165, 1.54) is 0 Å². The van der Waals surface area contributed by atoms with E-state index < -0.39 is 0 Å². The van der Waals surface area contributed by atoms with Gasteiger partial charge in [-0.25, -0.2) is 0 Å². The highest BCUT2D eigenvalue weighted by Gasteiger charge is 2.09. The Morgan fingerprint density at radius 1 is 0.920 bits per heavy atom. The second-order valence-electron chi connectivity index (χ2n) is 5.80. The van der Waals surface area contributed by atoms with E-state index in [1.807, 2.05) is 55.5 Å². The summed E-state index contributed by atoms with van der Waals surface area (Å²) in [5, 5.41) is 11.9. The molecule has 0 N–H and O–H groups in total. The molecule has 0 unspecified atom stereocenters. The first-order valence-corrected chi connectivity index (χ1v) is 8.00. The Kier molecular flexibility index (Phi) is 4.72. The van der Waals surface area contributed by atoms with Crippen LogP contribution in [0.3, 0.4) is 0 Å². The van der Waals surface area contributed by atoms with Crippen LogP contribution < -0.4 is 9.47 Å². The number of ether oxygens (including phenoxy) is 2. The lowest BCUT2D eigenvalue weighted by Crippen LogP contribution is -1.93. The average molecular weight is 329 g/mol. The molecule has 0 radical (unpaired) electrons. The Morgan fingerprint density at radius 3 is 2.28 bits per heavy atom. The van der Waals surface area contributed by atoms with Gasteiger partial charge >= 0.3 is 0 Å². The van der Waals surface area contributed by atoms with Gasteiger partial charge in [-0.3, -0.25) is 0 Å². The summed E-state index contributed by atoms with van der Waals surface area (Å²) in [6, 6.07) is 20.3. The zero-order valence-electron chi connectivity index (χ0n) is 14.5. The van der Waals surface area contributed by atoms with E-state index in [-0.39, 0.29) is 0 Å². The first kappa shape index (κ1) is 16.6. The molecule has 0 aliphatic carbocycles. The molecule has 0 aliphatic heterocycles. The summed E-state index contributed by atoms with van der Waals surface area (Å²) in [5.74, 6) is 1.33. The normalized spacial score (nSPS) is 11.2. The van der Waals surface area contributed by atoms with Crippen LogP contribution in [0, 0.1) is 18.3 Å². The molecule has 3 nitrogen and oxygen atoms in total. The van der Waals surface area contributed by atoms with Crippen molar-refractivity contribution in [2.24, 2.45) is 0 Å². The number of rotatable bonds is 4. The van der Waals surface area contributed by atoms with Crippen molar-refractivity contribution in [1.29, 1.82) is 5.26 Å². The Balaban J connectivity index is 2.09. The van der Waals surface area contributed by atoms with E-state index in [2.05, 4.69) is 18.2 Å². The molecule has 0 fully saturated rings. The minimum Gasteiger partial charge on any atom is -0.493 e. The van der Waals surface area contributed by atoms with Gasteiger partial charge in [-0.15, -0.1) is 0 Å². The summed E-state index contributed by atoms with van der Waals surface area (Å²) in [6.07, 6.45) is 1.89. The minimum absolute atomic E-state index is 0.612. The molecule has 0 aliphatic rings. The second kappa shape index (κ2) is 7.11. The fraction of sp³-hybridized carbons (Fsp3) is 0.136. The van der Waals surface area contributed by atoms with E-state index in [1.54, 1.807) is 14.2 Å². The van der Waals surface area contributed by atoms with Crippen LogP contribution in [0.4, 0.5) is 0 Å². The van der Waals surface area contributed by atoms with Gasteiger partial charge in [0.05, 0.1) is 25.9 Å². The number of fused-ring (bicyclic) bond motifs is 1. The van der Waals surface area contributed by atoms with E-state index in [0.717, 1.165) is 27.5 Å². The van der Waals surface area contributed by atoms with E-state index >= 15 is 0 Å². The number of benzene rings is 3. The highest BCUT2D eigenvalue weighted by atomic mass is 16.5. The second-order valence-corrected chi connectivity index (χ2v) is 5.80. The van der Waals surface area contributed by atoms with Gasteiger partial charge < -0.3 is 9.47 Å². The van der Waals surface area contributed by atoms with Crippen LogP contribution in [0.15, 0.2) is 54.6 Å². The van der Waals surface area contributed by atoms with E-state index in [4.69, 9.17) is 9.47 Å². The van der Waals surface area contributed by atoms with Crippen molar-refractivity contribution in [1.82, 2.24) is 0 Å². The molecule has 0 amide bonds. The van der Waals surface area contributed by atoms with Crippen molar-refractivity contribution >= 4 is 22.4 Å². The third-order valence-corrected chi connectivity index (χ3v) is 4.25. The van der Waals surface area contributed by atoms with Gasteiger partial charge in [0.25, 0.3) is 0 Å². The Hall–Kier alpha value is -3.25. The summed E-state index contributed by atoms with van der Waals surface area (Å²) in [6.45, 7) is 1.99. The quantitative estimate of drug-likeness (QED) is 0.486. The lowest BCUT2D eigenvalue weighted by molar-refractivity contribution is 0.354. The van der Waals surface area contributed by atoms with Crippen molar-refractivity contribution < 1.29 is 9.47 Å². The molecule has 0 heterocycles. The fourth-order valence-corrected chi connectivity index (χ4v) is 2.84. The molecule has 3 aromatic carbocycles. The maximum absolute atomic E-state index is 9.66. The number of methoxy groups -OCH3 is 2. The number of nitriles is 1. The molecule has 124 valence electrons. The van der Waals surface area contributed by atoms with Crippen molar-refractivity contribution in [2.75, 3.05) is 14.2 Å². The van der Waals surface area contributed by atoms with Crippen molar-refractivity contribution in [3.05, 3.63) is 71.3 Å². The lowest BCUT2D eigenvalue weighted by Gasteiger charge is -2.11. The zero-order valence-corrected chi connectivity index (χ0v) is 14.5. The molecule has 3 heteroatoms. The Bertz CT molecular complexity index is 997. The predicted octanol–water partition coefficient (Wildman–Crippen LogP) is 5.23. The number of hydrogen-bond acceptors (Lipinski definition) is 3. The Morgan fingerprint density at radius 2 is 1.60 bits per heavy atom. The molecule has 0 saturated heterocycles. The van der Waals surface area contributed by atoms with Crippen LogP contribution in [0.25, 0.3) is 22.4 Å². The van der Waals surface area contributed by atoms with Gasteiger partial charge in [-0.05, 0) is 58.7 Å². The molecule has 0 atom stereocenters. The smallest absolute Gasteiger partial charge is 0.161 e. The van der Waals surface area contributed by atoms with E-state index in [0.29, 0.717) is 17.1 Å². The van der Waals surface area contributed by atoms with Gasteiger partial charge in [0, 0.05) is 0 Å². The van der Waals surface area contributed by atoms with Crippen molar-refractivity contribution in [3.8, 4) is 17.6 Å². The molecule has 0 saturated carbocycles. The number of hydrogen-bond donors (Lipinski definition) is 0. The molecule has 3 rings (SSSR count). The largest absolute Gasteiger partial charge is 0.493 e. The van der Waals surface area contributed by atoms with E-state index in [9.17, 15) is 5.26 Å². The number of allylic oxidation sites excluding steroid dienone is 1. The van der Waals surface area contributed by atoms with Crippen LogP contribution in [-0.2, 0) is 0 Å². The highest BCUT2D eigenvalue weighted by molar-refractivity contribution is 5.94. The van der Waals surface area contributed by atoms with Gasteiger partial charge in [-0.2, -0.15) is 5.26 Å². The Labute approximate surface area is 147 Å². The molecular formula is C22H19NO2. The standard InChI is InChI=1S/C22H19NO2/c1-15-10-21(24-2)22(25-3)13-19(15)12-20(14-23)18-9-8-16-6-4-5-7-17(16)11-18/h4-13H,1-3H3. The van der Waals surface area contributed by atoms with Gasteiger partial charge in [0.15, 0.2) is 11.5 Å². The molecule has 25 heavy (non-hydrogen) atoms. The third kappa shape index (κ3) is 3.34. The van der Waals surface area contributed by atoms with Crippen LogP contribution in [0.2, 0.25) is 0 Å². The van der Waals surface area contributed by atoms with Gasteiger partial charge in [0.1, 0.15) is 0 Å². The molecule has 0 spiro atoms. The molecular weight excluding hydrogens is 310 g/mol. The summed E-state index contributed by atoms with van der Waals surface area (Å²) in [5.41, 5.74) is 3.46. The molecule has 3 aromatic rings. The van der Waals surface area contributed by atoms with Crippen LogP contribution in [-0.4, -0.2) is 14.2 Å². The SMILES string of the molecule is COc1cc(C)c(C=C(C#N)c2ccc3ccccc3c2)cc1OC. The number of nitrogens with zero attached hydrogens (tertiary/aromatic N) is 1. The zero-order chi connectivity index (χ0) is 17.8. The predicted molar refractivity (Wildman–Crippen MR) is 102 cm³/mol. The summed E-state index contributed by atoms with van der Waals surface area (Å²) in [4.78, 5) is 0. The minimum atomic E-state index is 0.612. The topological polar surface area (TPSA) is 42.2 Å². The number of aryl methyl sites for hydroxylation is 1. The maximum atomic E-state index is 9.66. The van der Waals surface area contributed by atoms with Crippen molar-refractivity contribution in [2.45, 2.75) is 6.92 Å². The first-order chi connectivity index (χ1) is 12.2. The summed E-state index contributed by atoms with van der Waals surface area (Å²) in [7, 11) is 3.22. The molecule has 0 aromatic heterocycles. The average Bonchev–Trinajstić information content (AvgIpc) is 2.66. The summed E-state index contributed by atoms with van der Waals surface area (Å²) < 4.78 is 10.7. The maximum Gasteiger partial charge on any atom is 0.161 e. The monoisotopic (exact) mass is 329 g/mol. The van der Waals surface area contributed by atoms with Gasteiger partial charge in [0.2, 0.25) is 0 Å². The lowest BCUT2D eigenvalue weighted by atomic mass is 9.98. The van der Waals surface area contributed by atoms with Crippen LogP contribution in [0.5, 0.6) is 11.5 Å². The van der Waals surface area contributed by atoms with Crippen molar-refractivity contribution in [3.63, 3.8) is 0 Å².